The monoisotopic (exact) mass is 328 g/mol. The number of hydrogen-bond acceptors (Lipinski definition) is 3. The van der Waals surface area contributed by atoms with Gasteiger partial charge in [-0.2, -0.15) is 0 Å². The molecule has 0 spiro atoms. The number of halogens is 2. The highest BCUT2D eigenvalue weighted by Crippen LogP contribution is 2.19. The van der Waals surface area contributed by atoms with Crippen molar-refractivity contribution in [2.24, 2.45) is 0 Å². The van der Waals surface area contributed by atoms with Crippen LogP contribution in [0.5, 0.6) is 0 Å². The van der Waals surface area contributed by atoms with E-state index in [0.717, 1.165) is 12.8 Å². The third kappa shape index (κ3) is 4.68. The maximum atomic E-state index is 13.1. The molecule has 1 fully saturated rings. The molecule has 1 aliphatic heterocycles. The topological polar surface area (TPSA) is 58.6 Å². The molecule has 2 amide bonds. The number of rotatable bonds is 5. The van der Waals surface area contributed by atoms with Crippen LogP contribution in [0.2, 0.25) is 5.02 Å². The second-order valence-electron chi connectivity index (χ2n) is 5.21. The minimum Gasteiger partial charge on any atom is -0.376 e. The van der Waals surface area contributed by atoms with Gasteiger partial charge < -0.3 is 15.0 Å². The van der Waals surface area contributed by atoms with Crippen molar-refractivity contribution in [2.45, 2.75) is 25.9 Å². The Morgan fingerprint density at radius 2 is 2.27 bits per heavy atom. The van der Waals surface area contributed by atoms with Gasteiger partial charge in [-0.25, -0.2) is 4.39 Å². The fourth-order valence-corrected chi connectivity index (χ4v) is 2.47. The lowest BCUT2D eigenvalue weighted by Gasteiger charge is -2.23. The van der Waals surface area contributed by atoms with Crippen LogP contribution >= 0.6 is 11.6 Å². The van der Waals surface area contributed by atoms with Gasteiger partial charge in [0.15, 0.2) is 0 Å². The van der Waals surface area contributed by atoms with Crippen molar-refractivity contribution < 1.29 is 18.7 Å². The first kappa shape index (κ1) is 16.7. The highest BCUT2D eigenvalue weighted by molar-refractivity contribution is 6.31. The summed E-state index contributed by atoms with van der Waals surface area (Å²) in [4.78, 5) is 25.1. The number of nitrogens with zero attached hydrogens (tertiary/aromatic N) is 1. The summed E-state index contributed by atoms with van der Waals surface area (Å²) in [6.07, 6.45) is 1.84. The van der Waals surface area contributed by atoms with Gasteiger partial charge in [0, 0.05) is 25.8 Å². The normalized spacial score (nSPS) is 17.3. The lowest BCUT2D eigenvalue weighted by Crippen LogP contribution is -2.41. The van der Waals surface area contributed by atoms with E-state index in [1.165, 1.54) is 30.0 Å². The van der Waals surface area contributed by atoms with E-state index in [4.69, 9.17) is 16.3 Å². The zero-order valence-corrected chi connectivity index (χ0v) is 13.0. The second kappa shape index (κ2) is 7.56. The van der Waals surface area contributed by atoms with Gasteiger partial charge >= 0.3 is 0 Å². The van der Waals surface area contributed by atoms with Crippen LogP contribution in [-0.4, -0.2) is 42.5 Å². The molecule has 1 saturated heterocycles. The van der Waals surface area contributed by atoms with Crippen LogP contribution in [0.1, 0.15) is 19.8 Å². The Morgan fingerprint density at radius 1 is 1.50 bits per heavy atom. The summed E-state index contributed by atoms with van der Waals surface area (Å²) in [5.74, 6) is -1.11. The standard InChI is InChI=1S/C15H18ClFN2O3/c1-10(20)19(8-12-3-2-6-22-12)9-15(21)18-11-4-5-14(17)13(16)7-11/h4-5,7,12H,2-3,6,8-9H2,1H3,(H,18,21). The Balaban J connectivity index is 1.92. The van der Waals surface area contributed by atoms with E-state index in [1.54, 1.807) is 0 Å². The molecular formula is C15H18ClFN2O3. The average molecular weight is 329 g/mol. The van der Waals surface area contributed by atoms with Crippen molar-refractivity contribution >= 4 is 29.1 Å². The number of ether oxygens (including phenoxy) is 1. The molecule has 1 unspecified atom stereocenters. The number of hydrogen-bond donors (Lipinski definition) is 1. The number of amides is 2. The van der Waals surface area contributed by atoms with Crippen molar-refractivity contribution in [1.29, 1.82) is 0 Å². The molecular weight excluding hydrogens is 311 g/mol. The summed E-state index contributed by atoms with van der Waals surface area (Å²) >= 11 is 5.66. The molecule has 1 N–H and O–H groups in total. The number of anilines is 1. The molecule has 22 heavy (non-hydrogen) atoms. The summed E-state index contributed by atoms with van der Waals surface area (Å²) in [7, 11) is 0. The van der Waals surface area contributed by atoms with Gasteiger partial charge in [0.05, 0.1) is 17.7 Å². The summed E-state index contributed by atoms with van der Waals surface area (Å²) in [6.45, 7) is 2.42. The van der Waals surface area contributed by atoms with Crippen LogP contribution in [0.4, 0.5) is 10.1 Å². The predicted octanol–water partition coefficient (Wildman–Crippen LogP) is 2.45. The molecule has 0 radical (unpaired) electrons. The van der Waals surface area contributed by atoms with Gasteiger partial charge in [0.1, 0.15) is 5.82 Å². The summed E-state index contributed by atoms with van der Waals surface area (Å²) < 4.78 is 18.5. The molecule has 0 aliphatic carbocycles. The number of carbonyl (C=O) groups excluding carboxylic acids is 2. The number of nitrogens with one attached hydrogen (secondary N) is 1. The van der Waals surface area contributed by atoms with E-state index >= 15 is 0 Å². The lowest BCUT2D eigenvalue weighted by molar-refractivity contribution is -0.134. The highest BCUT2D eigenvalue weighted by Gasteiger charge is 2.22. The molecule has 1 aromatic rings. The highest BCUT2D eigenvalue weighted by atomic mass is 35.5. The SMILES string of the molecule is CC(=O)N(CC(=O)Nc1ccc(F)c(Cl)c1)CC1CCCO1. The van der Waals surface area contributed by atoms with Crippen LogP contribution in [0.3, 0.4) is 0 Å². The Bertz CT molecular complexity index is 562. The summed E-state index contributed by atoms with van der Waals surface area (Å²) in [6, 6.07) is 3.91. The largest absolute Gasteiger partial charge is 0.376 e. The van der Waals surface area contributed by atoms with E-state index < -0.39 is 5.82 Å². The van der Waals surface area contributed by atoms with Gasteiger partial charge in [-0.1, -0.05) is 11.6 Å². The van der Waals surface area contributed by atoms with E-state index in [0.29, 0.717) is 18.8 Å². The molecule has 1 aliphatic rings. The first-order chi connectivity index (χ1) is 10.5. The first-order valence-corrected chi connectivity index (χ1v) is 7.45. The Labute approximate surface area is 133 Å². The smallest absolute Gasteiger partial charge is 0.243 e. The Kier molecular flexibility index (Phi) is 5.74. The van der Waals surface area contributed by atoms with Gasteiger partial charge in [-0.3, -0.25) is 9.59 Å². The van der Waals surface area contributed by atoms with Crippen molar-refractivity contribution in [1.82, 2.24) is 4.90 Å². The number of carbonyl (C=O) groups is 2. The van der Waals surface area contributed by atoms with Crippen molar-refractivity contribution in [3.63, 3.8) is 0 Å². The molecule has 2 rings (SSSR count). The third-order valence-corrected chi connectivity index (χ3v) is 3.72. The van der Waals surface area contributed by atoms with Crippen LogP contribution < -0.4 is 5.32 Å². The molecule has 0 aromatic heterocycles. The van der Waals surface area contributed by atoms with Crippen LogP contribution in [0.15, 0.2) is 18.2 Å². The third-order valence-electron chi connectivity index (χ3n) is 3.43. The summed E-state index contributed by atoms with van der Waals surface area (Å²) in [5, 5.41) is 2.53. The first-order valence-electron chi connectivity index (χ1n) is 7.07. The van der Waals surface area contributed by atoms with Crippen LogP contribution in [0, 0.1) is 5.82 Å². The minimum absolute atomic E-state index is 0.0167. The molecule has 1 heterocycles. The predicted molar refractivity (Wildman–Crippen MR) is 81.3 cm³/mol. The van der Waals surface area contributed by atoms with Gasteiger partial charge in [-0.15, -0.1) is 0 Å². The Morgan fingerprint density at radius 3 is 2.86 bits per heavy atom. The molecule has 120 valence electrons. The molecule has 0 bridgehead atoms. The fraction of sp³-hybridized carbons (Fsp3) is 0.467. The average Bonchev–Trinajstić information content (AvgIpc) is 2.95. The van der Waals surface area contributed by atoms with Crippen molar-refractivity contribution in [3.05, 3.63) is 29.0 Å². The van der Waals surface area contributed by atoms with E-state index in [2.05, 4.69) is 5.32 Å². The lowest BCUT2D eigenvalue weighted by atomic mass is 10.2. The fourth-order valence-electron chi connectivity index (χ4n) is 2.29. The van der Waals surface area contributed by atoms with E-state index in [1.807, 2.05) is 0 Å². The molecule has 1 aromatic carbocycles. The number of benzene rings is 1. The molecule has 0 saturated carbocycles. The second-order valence-corrected chi connectivity index (χ2v) is 5.62. The molecule has 1 atom stereocenters. The quantitative estimate of drug-likeness (QED) is 0.903. The maximum Gasteiger partial charge on any atom is 0.243 e. The van der Waals surface area contributed by atoms with E-state index in [-0.39, 0.29) is 29.5 Å². The Hall–Kier alpha value is -1.66. The van der Waals surface area contributed by atoms with Gasteiger partial charge in [0.25, 0.3) is 0 Å². The zero-order valence-electron chi connectivity index (χ0n) is 12.3. The zero-order chi connectivity index (χ0) is 16.1. The van der Waals surface area contributed by atoms with Gasteiger partial charge in [0.2, 0.25) is 11.8 Å². The molecule has 7 heteroatoms. The summed E-state index contributed by atoms with van der Waals surface area (Å²) in [5.41, 5.74) is 0.386. The van der Waals surface area contributed by atoms with Crippen LogP contribution in [-0.2, 0) is 14.3 Å². The van der Waals surface area contributed by atoms with E-state index in [9.17, 15) is 14.0 Å². The van der Waals surface area contributed by atoms with Crippen LogP contribution in [0.25, 0.3) is 0 Å². The minimum atomic E-state index is -0.552. The maximum absolute atomic E-state index is 13.1. The molecule has 5 nitrogen and oxygen atoms in total. The van der Waals surface area contributed by atoms with Crippen molar-refractivity contribution in [3.8, 4) is 0 Å². The van der Waals surface area contributed by atoms with Crippen molar-refractivity contribution in [2.75, 3.05) is 25.0 Å². The van der Waals surface area contributed by atoms with Gasteiger partial charge in [-0.05, 0) is 31.0 Å².